The molecule has 2 aliphatic heterocycles. The van der Waals surface area contributed by atoms with Crippen LogP contribution in [0.1, 0.15) is 63.5 Å². The molecule has 34 heavy (non-hydrogen) atoms. The average molecular weight is 489 g/mol. The molecule has 1 N–H and O–H groups in total. The third kappa shape index (κ3) is 5.41. The maximum atomic E-state index is 13.0. The molecule has 186 valence electrons. The topological polar surface area (TPSA) is 73.0 Å². The zero-order valence-electron chi connectivity index (χ0n) is 20.6. The molecule has 1 aromatic rings. The number of amides is 3. The maximum absolute atomic E-state index is 13.0. The lowest BCUT2D eigenvalue weighted by Gasteiger charge is -2.41. The van der Waals surface area contributed by atoms with E-state index in [-0.39, 0.29) is 23.8 Å². The van der Waals surface area contributed by atoms with Gasteiger partial charge in [-0.1, -0.05) is 24.4 Å². The molecule has 1 aromatic carbocycles. The van der Waals surface area contributed by atoms with Gasteiger partial charge in [0.2, 0.25) is 17.7 Å². The van der Waals surface area contributed by atoms with Crippen LogP contribution in [0.3, 0.4) is 0 Å². The maximum Gasteiger partial charge on any atom is 0.247 e. The number of rotatable bonds is 5. The molecule has 3 amide bonds. The van der Waals surface area contributed by atoms with Crippen LogP contribution < -0.4 is 5.32 Å². The Morgan fingerprint density at radius 3 is 2.44 bits per heavy atom. The Balaban J connectivity index is 1.41. The highest BCUT2D eigenvalue weighted by molar-refractivity contribution is 6.31. The second kappa shape index (κ2) is 10.6. The van der Waals surface area contributed by atoms with Crippen molar-refractivity contribution in [2.24, 2.45) is 5.92 Å². The Bertz CT molecular complexity index is 946. The summed E-state index contributed by atoms with van der Waals surface area (Å²) in [7, 11) is 0. The highest BCUT2D eigenvalue weighted by Gasteiger charge is 2.34. The van der Waals surface area contributed by atoms with Gasteiger partial charge < -0.3 is 15.1 Å². The van der Waals surface area contributed by atoms with Crippen molar-refractivity contribution < 1.29 is 14.4 Å². The van der Waals surface area contributed by atoms with E-state index in [9.17, 15) is 14.4 Å². The van der Waals surface area contributed by atoms with Crippen LogP contribution in [-0.4, -0.2) is 70.7 Å². The van der Waals surface area contributed by atoms with E-state index in [1.54, 1.807) is 11.0 Å². The largest absolute Gasteiger partial charge is 0.337 e. The second-order valence-corrected chi connectivity index (χ2v) is 10.6. The fraction of sp³-hybridized carbons (Fsp3) is 0.654. The first-order chi connectivity index (χ1) is 16.2. The Kier molecular flexibility index (Phi) is 7.83. The van der Waals surface area contributed by atoms with E-state index in [0.717, 1.165) is 50.0 Å². The first-order valence-electron chi connectivity index (χ1n) is 12.6. The summed E-state index contributed by atoms with van der Waals surface area (Å²) in [6.45, 7) is 9.39. The first-order valence-corrected chi connectivity index (χ1v) is 13.0. The Morgan fingerprint density at radius 1 is 1.03 bits per heavy atom. The molecule has 0 bridgehead atoms. The van der Waals surface area contributed by atoms with Crippen molar-refractivity contribution >= 4 is 35.0 Å². The predicted octanol–water partition coefficient (Wildman–Crippen LogP) is 3.82. The number of nitrogens with zero attached hydrogens (tertiary/aromatic N) is 3. The molecule has 2 atom stereocenters. The van der Waals surface area contributed by atoms with Crippen molar-refractivity contribution in [1.82, 2.24) is 14.7 Å². The van der Waals surface area contributed by atoms with Crippen molar-refractivity contribution in [1.29, 1.82) is 0 Å². The molecule has 3 fully saturated rings. The lowest BCUT2D eigenvalue weighted by atomic mass is 10.0. The number of nitrogens with one attached hydrogen (secondary N) is 1. The normalized spacial score (nSPS) is 24.0. The molecule has 7 nitrogen and oxygen atoms in total. The number of carbonyl (C=O) groups excluding carboxylic acids is 3. The number of anilines is 1. The third-order valence-electron chi connectivity index (χ3n) is 7.79. The summed E-state index contributed by atoms with van der Waals surface area (Å²) >= 11 is 6.44. The van der Waals surface area contributed by atoms with Gasteiger partial charge in [0.1, 0.15) is 6.04 Å². The minimum absolute atomic E-state index is 0.0687. The van der Waals surface area contributed by atoms with Crippen LogP contribution in [0.2, 0.25) is 5.02 Å². The molecule has 0 unspecified atom stereocenters. The van der Waals surface area contributed by atoms with E-state index in [2.05, 4.69) is 22.0 Å². The van der Waals surface area contributed by atoms with Crippen molar-refractivity contribution in [2.75, 3.05) is 31.5 Å². The Morgan fingerprint density at radius 2 is 1.76 bits per heavy atom. The summed E-state index contributed by atoms with van der Waals surface area (Å²) in [6.07, 6.45) is 5.93. The highest BCUT2D eigenvalue weighted by atomic mass is 35.5. The summed E-state index contributed by atoms with van der Waals surface area (Å²) in [5, 5.41) is 3.61. The lowest BCUT2D eigenvalue weighted by Crippen LogP contribution is -2.54. The number of hydrogen-bond acceptors (Lipinski definition) is 4. The SMILES string of the molecule is CC(=O)N1CCC[C@@H]1C(=O)Nc1cc(Cl)cc(CN2CCN(C(=O)C3CCCC3)[C@@H](C)C2)c1C. The average Bonchev–Trinajstić information content (AvgIpc) is 3.49. The van der Waals surface area contributed by atoms with Gasteiger partial charge in [-0.15, -0.1) is 0 Å². The minimum Gasteiger partial charge on any atom is -0.337 e. The molecule has 0 radical (unpaired) electrons. The molecule has 8 heteroatoms. The minimum atomic E-state index is -0.425. The van der Waals surface area contributed by atoms with Crippen LogP contribution in [0.15, 0.2) is 12.1 Å². The van der Waals surface area contributed by atoms with Gasteiger partial charge in [0.25, 0.3) is 0 Å². The lowest BCUT2D eigenvalue weighted by molar-refractivity contribution is -0.140. The van der Waals surface area contributed by atoms with E-state index in [4.69, 9.17) is 11.6 Å². The van der Waals surface area contributed by atoms with E-state index < -0.39 is 6.04 Å². The van der Waals surface area contributed by atoms with Crippen LogP contribution in [0.25, 0.3) is 0 Å². The zero-order valence-corrected chi connectivity index (χ0v) is 21.4. The fourth-order valence-corrected chi connectivity index (χ4v) is 6.05. The summed E-state index contributed by atoms with van der Waals surface area (Å²) in [4.78, 5) is 43.8. The van der Waals surface area contributed by atoms with Gasteiger partial charge in [0, 0.05) is 62.3 Å². The summed E-state index contributed by atoms with van der Waals surface area (Å²) in [5.41, 5.74) is 2.76. The molecular formula is C26H37ClN4O3. The number of likely N-dealkylation sites (tertiary alicyclic amines) is 1. The number of carbonyl (C=O) groups is 3. The smallest absolute Gasteiger partial charge is 0.247 e. The Hall–Kier alpha value is -2.12. The van der Waals surface area contributed by atoms with Crippen molar-refractivity contribution in [3.05, 3.63) is 28.3 Å². The molecule has 1 saturated carbocycles. The van der Waals surface area contributed by atoms with Crippen LogP contribution in [0.5, 0.6) is 0 Å². The summed E-state index contributed by atoms with van der Waals surface area (Å²) < 4.78 is 0. The quantitative estimate of drug-likeness (QED) is 0.683. The third-order valence-corrected chi connectivity index (χ3v) is 8.01. The van der Waals surface area contributed by atoms with Crippen LogP contribution >= 0.6 is 11.6 Å². The van der Waals surface area contributed by atoms with Gasteiger partial charge >= 0.3 is 0 Å². The van der Waals surface area contributed by atoms with Gasteiger partial charge in [-0.05, 0) is 62.8 Å². The standard InChI is InChI=1S/C26H37ClN4O3/c1-17-15-29(11-12-30(17)26(34)20-7-4-5-8-20)16-21-13-22(27)14-23(18(21)2)28-25(33)24-9-6-10-31(24)19(3)32/h13-14,17,20,24H,4-12,15-16H2,1-3H3,(H,28,33)/t17-,24+/m0/s1. The van der Waals surface area contributed by atoms with Gasteiger partial charge in [-0.3, -0.25) is 19.3 Å². The van der Waals surface area contributed by atoms with Gasteiger partial charge in [0.05, 0.1) is 0 Å². The first kappa shape index (κ1) is 25.0. The molecular weight excluding hydrogens is 452 g/mol. The number of piperazine rings is 1. The van der Waals surface area contributed by atoms with Gasteiger partial charge in [-0.2, -0.15) is 0 Å². The number of benzene rings is 1. The van der Waals surface area contributed by atoms with Crippen molar-refractivity contribution in [2.45, 2.75) is 77.9 Å². The Labute approximate surface area is 207 Å². The molecule has 2 saturated heterocycles. The second-order valence-electron chi connectivity index (χ2n) is 10.2. The van der Waals surface area contributed by atoms with E-state index in [1.807, 2.05) is 13.0 Å². The van der Waals surface area contributed by atoms with Crippen LogP contribution in [0.4, 0.5) is 5.69 Å². The van der Waals surface area contributed by atoms with Crippen LogP contribution in [0, 0.1) is 12.8 Å². The zero-order chi connectivity index (χ0) is 24.4. The van der Waals surface area contributed by atoms with E-state index >= 15 is 0 Å². The molecule has 2 heterocycles. The molecule has 0 spiro atoms. The molecule has 3 aliphatic rings. The molecule has 4 rings (SSSR count). The van der Waals surface area contributed by atoms with Crippen molar-refractivity contribution in [3.63, 3.8) is 0 Å². The van der Waals surface area contributed by atoms with Crippen LogP contribution in [-0.2, 0) is 20.9 Å². The van der Waals surface area contributed by atoms with Gasteiger partial charge in [0.15, 0.2) is 0 Å². The fourth-order valence-electron chi connectivity index (χ4n) is 5.81. The molecule has 0 aromatic heterocycles. The van der Waals surface area contributed by atoms with Crippen molar-refractivity contribution in [3.8, 4) is 0 Å². The number of hydrogen-bond donors (Lipinski definition) is 1. The monoisotopic (exact) mass is 488 g/mol. The highest BCUT2D eigenvalue weighted by Crippen LogP contribution is 2.30. The summed E-state index contributed by atoms with van der Waals surface area (Å²) in [6, 6.07) is 3.50. The number of halogens is 1. The predicted molar refractivity (Wildman–Crippen MR) is 134 cm³/mol. The van der Waals surface area contributed by atoms with Gasteiger partial charge in [-0.25, -0.2) is 0 Å². The molecule has 1 aliphatic carbocycles. The van der Waals surface area contributed by atoms with E-state index in [1.165, 1.54) is 19.8 Å². The summed E-state index contributed by atoms with van der Waals surface area (Å²) in [5.74, 6) is 0.326. The van der Waals surface area contributed by atoms with E-state index in [0.29, 0.717) is 36.1 Å².